The number of rotatable bonds is 5. The number of amides is 1. The Labute approximate surface area is 162 Å². The third kappa shape index (κ3) is 3.58. The van der Waals surface area contributed by atoms with Crippen LogP contribution >= 0.6 is 0 Å². The summed E-state index contributed by atoms with van der Waals surface area (Å²) in [6.07, 6.45) is 0. The molecule has 1 amide bonds. The first kappa shape index (κ1) is 18.1. The predicted octanol–water partition coefficient (Wildman–Crippen LogP) is 3.95. The number of carbonyl (C=O) groups is 1. The molecule has 2 aromatic carbocycles. The summed E-state index contributed by atoms with van der Waals surface area (Å²) < 4.78 is 26.1. The average molecular weight is 380 g/mol. The number of nitrogens with zero attached hydrogens (tertiary/aromatic N) is 1. The van der Waals surface area contributed by atoms with Crippen LogP contribution in [0.3, 0.4) is 0 Å². The van der Waals surface area contributed by atoms with Gasteiger partial charge in [-0.05, 0) is 60.9 Å². The monoisotopic (exact) mass is 380 g/mol. The summed E-state index contributed by atoms with van der Waals surface area (Å²) in [5, 5.41) is 2.97. The SMILES string of the molecule is Cc1cc(C)n(Cc2cccc(F)c2)c1C(=O)NCc1ccc2c(c1)OCO2. The van der Waals surface area contributed by atoms with Gasteiger partial charge in [0.2, 0.25) is 6.79 Å². The maximum atomic E-state index is 13.5. The highest BCUT2D eigenvalue weighted by atomic mass is 19.1. The van der Waals surface area contributed by atoms with E-state index in [0.717, 1.165) is 22.4 Å². The van der Waals surface area contributed by atoms with Gasteiger partial charge in [-0.1, -0.05) is 18.2 Å². The van der Waals surface area contributed by atoms with Gasteiger partial charge in [-0.3, -0.25) is 4.79 Å². The van der Waals surface area contributed by atoms with Gasteiger partial charge in [0.25, 0.3) is 5.91 Å². The van der Waals surface area contributed by atoms with Crippen LogP contribution in [0.5, 0.6) is 11.5 Å². The first-order valence-corrected chi connectivity index (χ1v) is 9.09. The van der Waals surface area contributed by atoms with Gasteiger partial charge in [0.15, 0.2) is 11.5 Å². The first-order chi connectivity index (χ1) is 13.5. The molecule has 3 aromatic rings. The van der Waals surface area contributed by atoms with E-state index in [1.807, 2.05) is 48.7 Å². The van der Waals surface area contributed by atoms with Crippen LogP contribution in [-0.4, -0.2) is 17.3 Å². The Morgan fingerprint density at radius 1 is 1.07 bits per heavy atom. The van der Waals surface area contributed by atoms with Gasteiger partial charge in [-0.25, -0.2) is 4.39 Å². The lowest BCUT2D eigenvalue weighted by molar-refractivity contribution is 0.0941. The van der Waals surface area contributed by atoms with E-state index in [4.69, 9.17) is 9.47 Å². The predicted molar refractivity (Wildman–Crippen MR) is 103 cm³/mol. The lowest BCUT2D eigenvalue weighted by atomic mass is 10.2. The van der Waals surface area contributed by atoms with Crippen LogP contribution in [-0.2, 0) is 13.1 Å². The molecule has 0 bridgehead atoms. The number of benzene rings is 2. The fourth-order valence-corrected chi connectivity index (χ4v) is 3.49. The summed E-state index contributed by atoms with van der Waals surface area (Å²) in [6.45, 7) is 4.88. The number of hydrogen-bond donors (Lipinski definition) is 1. The van der Waals surface area contributed by atoms with Crippen LogP contribution in [0.4, 0.5) is 4.39 Å². The molecule has 6 heteroatoms. The zero-order chi connectivity index (χ0) is 19.7. The Morgan fingerprint density at radius 3 is 2.71 bits per heavy atom. The number of aryl methyl sites for hydroxylation is 2. The maximum Gasteiger partial charge on any atom is 0.268 e. The Balaban J connectivity index is 1.52. The van der Waals surface area contributed by atoms with E-state index in [1.54, 1.807) is 6.07 Å². The van der Waals surface area contributed by atoms with Gasteiger partial charge in [0.05, 0.1) is 0 Å². The summed E-state index contributed by atoms with van der Waals surface area (Å²) in [4.78, 5) is 12.9. The Kier molecular flexibility index (Phi) is 4.77. The molecular weight excluding hydrogens is 359 g/mol. The van der Waals surface area contributed by atoms with Gasteiger partial charge >= 0.3 is 0 Å². The van der Waals surface area contributed by atoms with Crippen LogP contribution in [0.1, 0.15) is 32.9 Å². The quantitative estimate of drug-likeness (QED) is 0.729. The van der Waals surface area contributed by atoms with Crippen molar-refractivity contribution in [3.05, 3.63) is 82.4 Å². The van der Waals surface area contributed by atoms with Gasteiger partial charge < -0.3 is 19.4 Å². The fourth-order valence-electron chi connectivity index (χ4n) is 3.49. The maximum absolute atomic E-state index is 13.5. The minimum Gasteiger partial charge on any atom is -0.454 e. The summed E-state index contributed by atoms with van der Waals surface area (Å²) in [6, 6.07) is 14.0. The summed E-state index contributed by atoms with van der Waals surface area (Å²) in [5.41, 5.74) is 4.16. The molecule has 2 heterocycles. The molecule has 144 valence electrons. The number of ether oxygens (including phenoxy) is 2. The second kappa shape index (κ2) is 7.38. The fraction of sp³-hybridized carbons (Fsp3) is 0.227. The van der Waals surface area contributed by atoms with Gasteiger partial charge in [0.1, 0.15) is 11.5 Å². The number of aromatic nitrogens is 1. The molecular formula is C22H21FN2O3. The minimum absolute atomic E-state index is 0.167. The Hall–Kier alpha value is -3.28. The molecule has 1 aliphatic rings. The highest BCUT2D eigenvalue weighted by Gasteiger charge is 2.18. The first-order valence-electron chi connectivity index (χ1n) is 9.09. The van der Waals surface area contributed by atoms with Crippen molar-refractivity contribution in [2.24, 2.45) is 0 Å². The number of hydrogen-bond acceptors (Lipinski definition) is 3. The van der Waals surface area contributed by atoms with E-state index in [2.05, 4.69) is 5.32 Å². The van der Waals surface area contributed by atoms with Crippen molar-refractivity contribution in [2.45, 2.75) is 26.9 Å². The topological polar surface area (TPSA) is 52.5 Å². The van der Waals surface area contributed by atoms with Crippen molar-refractivity contribution in [1.82, 2.24) is 9.88 Å². The Morgan fingerprint density at radius 2 is 1.89 bits per heavy atom. The third-order valence-corrected chi connectivity index (χ3v) is 4.83. The largest absolute Gasteiger partial charge is 0.454 e. The minimum atomic E-state index is -0.284. The number of fused-ring (bicyclic) bond motifs is 1. The van der Waals surface area contributed by atoms with Crippen molar-refractivity contribution >= 4 is 5.91 Å². The molecule has 0 spiro atoms. The van der Waals surface area contributed by atoms with E-state index >= 15 is 0 Å². The zero-order valence-corrected chi connectivity index (χ0v) is 15.8. The van der Waals surface area contributed by atoms with Crippen LogP contribution in [0.2, 0.25) is 0 Å². The standard InChI is InChI=1S/C22H21FN2O3/c1-14-8-15(2)25(12-17-4-3-5-18(23)9-17)21(14)22(26)24-11-16-6-7-19-20(10-16)28-13-27-19/h3-10H,11-13H2,1-2H3,(H,24,26). The molecule has 0 fully saturated rings. The van der Waals surface area contributed by atoms with Crippen LogP contribution in [0.15, 0.2) is 48.5 Å². The molecule has 0 atom stereocenters. The van der Waals surface area contributed by atoms with Gasteiger partial charge in [0, 0.05) is 18.8 Å². The molecule has 1 N–H and O–H groups in total. The molecule has 0 radical (unpaired) electrons. The average Bonchev–Trinajstić information content (AvgIpc) is 3.23. The normalized spacial score (nSPS) is 12.2. The van der Waals surface area contributed by atoms with E-state index in [-0.39, 0.29) is 18.5 Å². The highest BCUT2D eigenvalue weighted by molar-refractivity contribution is 5.94. The van der Waals surface area contributed by atoms with Gasteiger partial charge in [-0.2, -0.15) is 0 Å². The molecule has 0 saturated heterocycles. The summed E-state index contributed by atoms with van der Waals surface area (Å²) in [5.74, 6) is 0.950. The molecule has 5 nitrogen and oxygen atoms in total. The van der Waals surface area contributed by atoms with Crippen molar-refractivity contribution in [3.63, 3.8) is 0 Å². The molecule has 1 aromatic heterocycles. The van der Waals surface area contributed by atoms with E-state index < -0.39 is 0 Å². The van der Waals surface area contributed by atoms with Crippen molar-refractivity contribution in [3.8, 4) is 11.5 Å². The second-order valence-electron chi connectivity index (χ2n) is 6.90. The van der Waals surface area contributed by atoms with Crippen molar-refractivity contribution in [2.75, 3.05) is 6.79 Å². The van der Waals surface area contributed by atoms with E-state index in [9.17, 15) is 9.18 Å². The van der Waals surface area contributed by atoms with Crippen LogP contribution < -0.4 is 14.8 Å². The molecule has 0 saturated carbocycles. The number of halogens is 1. The highest BCUT2D eigenvalue weighted by Crippen LogP contribution is 2.32. The lowest BCUT2D eigenvalue weighted by Crippen LogP contribution is -2.26. The summed E-state index contributed by atoms with van der Waals surface area (Å²) in [7, 11) is 0. The van der Waals surface area contributed by atoms with E-state index in [0.29, 0.717) is 30.3 Å². The van der Waals surface area contributed by atoms with Crippen LogP contribution in [0.25, 0.3) is 0 Å². The molecule has 4 rings (SSSR count). The molecule has 0 aliphatic carbocycles. The van der Waals surface area contributed by atoms with Crippen molar-refractivity contribution < 1.29 is 18.7 Å². The summed E-state index contributed by atoms with van der Waals surface area (Å²) >= 11 is 0. The molecule has 1 aliphatic heterocycles. The number of nitrogens with one attached hydrogen (secondary N) is 1. The lowest BCUT2D eigenvalue weighted by Gasteiger charge is -2.13. The zero-order valence-electron chi connectivity index (χ0n) is 15.8. The third-order valence-electron chi connectivity index (χ3n) is 4.83. The molecule has 28 heavy (non-hydrogen) atoms. The Bertz CT molecular complexity index is 1040. The smallest absolute Gasteiger partial charge is 0.268 e. The van der Waals surface area contributed by atoms with E-state index in [1.165, 1.54) is 12.1 Å². The van der Waals surface area contributed by atoms with Gasteiger partial charge in [-0.15, -0.1) is 0 Å². The van der Waals surface area contributed by atoms with Crippen molar-refractivity contribution in [1.29, 1.82) is 0 Å². The second-order valence-corrected chi connectivity index (χ2v) is 6.90. The number of carbonyl (C=O) groups excluding carboxylic acids is 1. The molecule has 0 unspecified atom stereocenters. The van der Waals surface area contributed by atoms with Crippen LogP contribution in [0, 0.1) is 19.7 Å².